The van der Waals surface area contributed by atoms with Crippen LogP contribution in [0, 0.1) is 0 Å². The lowest BCUT2D eigenvalue weighted by atomic mass is 10.3. The first-order chi connectivity index (χ1) is 8.78. The number of methoxy groups -OCH3 is 1. The first kappa shape index (κ1) is 12.4. The number of amides is 1. The van der Waals surface area contributed by atoms with E-state index in [-0.39, 0.29) is 5.91 Å². The van der Waals surface area contributed by atoms with E-state index in [0.29, 0.717) is 5.69 Å². The monoisotopic (exact) mass is 259 g/mol. The van der Waals surface area contributed by atoms with Crippen molar-refractivity contribution in [1.29, 1.82) is 0 Å². The largest absolute Gasteiger partial charge is 0.497 e. The molecule has 0 spiro atoms. The maximum absolute atomic E-state index is 11.7. The van der Waals surface area contributed by atoms with Crippen molar-refractivity contribution in [3.8, 4) is 5.75 Å². The molecule has 0 saturated heterocycles. The fourth-order valence-electron chi connectivity index (χ4n) is 1.43. The van der Waals surface area contributed by atoms with Gasteiger partial charge in [-0.1, -0.05) is 6.07 Å². The molecule has 1 aromatic heterocycles. The van der Waals surface area contributed by atoms with E-state index in [2.05, 4.69) is 5.32 Å². The highest BCUT2D eigenvalue weighted by atomic mass is 32.1. The molecule has 2 rings (SSSR count). The van der Waals surface area contributed by atoms with Crippen molar-refractivity contribution in [2.45, 2.75) is 0 Å². The highest BCUT2D eigenvalue weighted by Crippen LogP contribution is 2.16. The minimum absolute atomic E-state index is 0.158. The summed E-state index contributed by atoms with van der Waals surface area (Å²) < 4.78 is 5.09. The highest BCUT2D eigenvalue weighted by Gasteiger charge is 1.99. The SMILES string of the molecule is COc1cccc(NC(=O)/C=C/c2ccsc2)c1. The average Bonchev–Trinajstić information content (AvgIpc) is 2.90. The first-order valence-electron chi connectivity index (χ1n) is 5.43. The van der Waals surface area contributed by atoms with Gasteiger partial charge in [0.05, 0.1) is 7.11 Å². The van der Waals surface area contributed by atoms with Crippen LogP contribution in [0.4, 0.5) is 5.69 Å². The number of hydrogen-bond donors (Lipinski definition) is 1. The van der Waals surface area contributed by atoms with Crippen molar-refractivity contribution in [3.63, 3.8) is 0 Å². The van der Waals surface area contributed by atoms with Gasteiger partial charge in [0, 0.05) is 17.8 Å². The molecule has 1 heterocycles. The van der Waals surface area contributed by atoms with Crippen LogP contribution in [-0.4, -0.2) is 13.0 Å². The van der Waals surface area contributed by atoms with E-state index >= 15 is 0 Å². The van der Waals surface area contributed by atoms with Crippen LogP contribution >= 0.6 is 11.3 Å². The van der Waals surface area contributed by atoms with E-state index in [4.69, 9.17) is 4.74 Å². The Morgan fingerprint density at radius 3 is 3.00 bits per heavy atom. The Morgan fingerprint density at radius 1 is 1.39 bits per heavy atom. The number of benzene rings is 1. The molecule has 0 atom stereocenters. The molecule has 0 aliphatic rings. The molecule has 0 aliphatic carbocycles. The average molecular weight is 259 g/mol. The van der Waals surface area contributed by atoms with E-state index < -0.39 is 0 Å². The van der Waals surface area contributed by atoms with Crippen LogP contribution in [0.25, 0.3) is 6.08 Å². The summed E-state index contributed by atoms with van der Waals surface area (Å²) in [5.74, 6) is 0.559. The van der Waals surface area contributed by atoms with Crippen molar-refractivity contribution >= 4 is 29.0 Å². The molecule has 18 heavy (non-hydrogen) atoms. The third-order valence-electron chi connectivity index (χ3n) is 2.31. The van der Waals surface area contributed by atoms with Gasteiger partial charge in [-0.15, -0.1) is 0 Å². The van der Waals surface area contributed by atoms with Crippen LogP contribution in [0.3, 0.4) is 0 Å². The van der Waals surface area contributed by atoms with Gasteiger partial charge in [0.15, 0.2) is 0 Å². The second-order valence-electron chi connectivity index (χ2n) is 3.61. The molecule has 0 unspecified atom stereocenters. The number of thiophene rings is 1. The van der Waals surface area contributed by atoms with E-state index in [1.165, 1.54) is 6.08 Å². The minimum Gasteiger partial charge on any atom is -0.497 e. The van der Waals surface area contributed by atoms with E-state index in [9.17, 15) is 4.79 Å². The Balaban J connectivity index is 1.98. The third-order valence-corrected chi connectivity index (χ3v) is 3.01. The van der Waals surface area contributed by atoms with Crippen LogP contribution in [-0.2, 0) is 4.79 Å². The molecule has 0 fully saturated rings. The van der Waals surface area contributed by atoms with Crippen LogP contribution in [0.5, 0.6) is 5.75 Å². The Bertz CT molecular complexity index is 547. The zero-order valence-corrected chi connectivity index (χ0v) is 10.7. The molecule has 0 bridgehead atoms. The molecule has 0 radical (unpaired) electrons. The minimum atomic E-state index is -0.158. The summed E-state index contributed by atoms with van der Waals surface area (Å²) in [6, 6.07) is 9.21. The zero-order valence-electron chi connectivity index (χ0n) is 9.92. The lowest BCUT2D eigenvalue weighted by Gasteiger charge is -2.04. The van der Waals surface area contributed by atoms with Gasteiger partial charge in [0.25, 0.3) is 0 Å². The Morgan fingerprint density at radius 2 is 2.28 bits per heavy atom. The fourth-order valence-corrected chi connectivity index (χ4v) is 2.06. The van der Waals surface area contributed by atoms with Crippen LogP contribution in [0.2, 0.25) is 0 Å². The number of carbonyl (C=O) groups excluding carboxylic acids is 1. The molecule has 1 amide bonds. The molecule has 0 saturated carbocycles. The lowest BCUT2D eigenvalue weighted by Crippen LogP contribution is -2.07. The summed E-state index contributed by atoms with van der Waals surface area (Å²) >= 11 is 1.60. The van der Waals surface area contributed by atoms with Gasteiger partial charge in [-0.3, -0.25) is 4.79 Å². The smallest absolute Gasteiger partial charge is 0.248 e. The van der Waals surface area contributed by atoms with Crippen molar-refractivity contribution < 1.29 is 9.53 Å². The Labute approximate surface area is 110 Å². The summed E-state index contributed by atoms with van der Waals surface area (Å²) in [5, 5.41) is 6.73. The number of hydrogen-bond acceptors (Lipinski definition) is 3. The highest BCUT2D eigenvalue weighted by molar-refractivity contribution is 7.08. The topological polar surface area (TPSA) is 38.3 Å². The van der Waals surface area contributed by atoms with Gasteiger partial charge in [-0.05, 0) is 40.6 Å². The molecule has 1 N–H and O–H groups in total. The number of nitrogens with one attached hydrogen (secondary N) is 1. The number of rotatable bonds is 4. The number of anilines is 1. The van der Waals surface area contributed by atoms with Crippen LogP contribution in [0.1, 0.15) is 5.56 Å². The maximum atomic E-state index is 11.7. The van der Waals surface area contributed by atoms with Crippen molar-refractivity contribution in [2.24, 2.45) is 0 Å². The Kier molecular flexibility index (Phi) is 4.15. The van der Waals surface area contributed by atoms with Crippen molar-refractivity contribution in [1.82, 2.24) is 0 Å². The van der Waals surface area contributed by atoms with Gasteiger partial charge in [-0.2, -0.15) is 11.3 Å². The van der Waals surface area contributed by atoms with Gasteiger partial charge in [-0.25, -0.2) is 0 Å². The molecular weight excluding hydrogens is 246 g/mol. The summed E-state index contributed by atoms with van der Waals surface area (Å²) in [6.45, 7) is 0. The maximum Gasteiger partial charge on any atom is 0.248 e. The van der Waals surface area contributed by atoms with Crippen LogP contribution in [0.15, 0.2) is 47.2 Å². The summed E-state index contributed by atoms with van der Waals surface area (Å²) in [7, 11) is 1.59. The molecule has 3 nitrogen and oxygen atoms in total. The Hall–Kier alpha value is -2.07. The summed E-state index contributed by atoms with van der Waals surface area (Å²) in [6.07, 6.45) is 3.30. The van der Waals surface area contributed by atoms with E-state index in [1.807, 2.05) is 35.0 Å². The molecule has 0 aliphatic heterocycles. The number of carbonyl (C=O) groups is 1. The fraction of sp³-hybridized carbons (Fsp3) is 0.0714. The predicted octanol–water partition coefficient (Wildman–Crippen LogP) is 3.41. The number of ether oxygens (including phenoxy) is 1. The first-order valence-corrected chi connectivity index (χ1v) is 6.37. The molecule has 4 heteroatoms. The van der Waals surface area contributed by atoms with Gasteiger partial charge >= 0.3 is 0 Å². The molecule has 1 aromatic carbocycles. The van der Waals surface area contributed by atoms with Crippen molar-refractivity contribution in [3.05, 3.63) is 52.7 Å². The van der Waals surface area contributed by atoms with E-state index in [1.54, 1.807) is 30.6 Å². The lowest BCUT2D eigenvalue weighted by molar-refractivity contribution is -0.111. The second kappa shape index (κ2) is 6.02. The van der Waals surface area contributed by atoms with Gasteiger partial charge < -0.3 is 10.1 Å². The van der Waals surface area contributed by atoms with Crippen molar-refractivity contribution in [2.75, 3.05) is 12.4 Å². The molecular formula is C14H13NO2S. The van der Waals surface area contributed by atoms with Gasteiger partial charge in [0.1, 0.15) is 5.75 Å². The molecule has 92 valence electrons. The second-order valence-corrected chi connectivity index (χ2v) is 4.39. The quantitative estimate of drug-likeness (QED) is 0.854. The zero-order chi connectivity index (χ0) is 12.8. The normalized spacial score (nSPS) is 10.5. The predicted molar refractivity (Wildman–Crippen MR) is 75.0 cm³/mol. The van der Waals surface area contributed by atoms with Gasteiger partial charge in [0.2, 0.25) is 5.91 Å². The summed E-state index contributed by atoms with van der Waals surface area (Å²) in [4.78, 5) is 11.7. The summed E-state index contributed by atoms with van der Waals surface area (Å²) in [5.41, 5.74) is 1.75. The standard InChI is InChI=1S/C14H13NO2S/c1-17-13-4-2-3-12(9-13)15-14(16)6-5-11-7-8-18-10-11/h2-10H,1H3,(H,15,16)/b6-5+. The molecule has 2 aromatic rings. The van der Waals surface area contributed by atoms with E-state index in [0.717, 1.165) is 11.3 Å². The third kappa shape index (κ3) is 3.46. The van der Waals surface area contributed by atoms with Crippen LogP contribution < -0.4 is 10.1 Å².